The van der Waals surface area contributed by atoms with E-state index in [1.807, 2.05) is 29.2 Å². The molecule has 200 valence electrons. The van der Waals surface area contributed by atoms with Gasteiger partial charge in [-0.3, -0.25) is 4.79 Å². The summed E-state index contributed by atoms with van der Waals surface area (Å²) in [4.78, 5) is 22.1. The van der Waals surface area contributed by atoms with Crippen molar-refractivity contribution in [3.8, 4) is 16.9 Å². The molecule has 3 heterocycles. The van der Waals surface area contributed by atoms with Crippen LogP contribution in [0.25, 0.3) is 11.1 Å². The number of hydrogen-bond donors (Lipinski definition) is 1. The second-order valence-electron chi connectivity index (χ2n) is 10.0. The maximum Gasteiger partial charge on any atom is 0.254 e. The van der Waals surface area contributed by atoms with Crippen LogP contribution < -0.4 is 10.5 Å². The van der Waals surface area contributed by atoms with Gasteiger partial charge in [0.1, 0.15) is 11.9 Å². The molecule has 2 aromatic carbocycles. The van der Waals surface area contributed by atoms with E-state index in [0.29, 0.717) is 21.9 Å². The summed E-state index contributed by atoms with van der Waals surface area (Å²) in [7, 11) is 0. The topological polar surface area (TPSA) is 71.7 Å². The van der Waals surface area contributed by atoms with Crippen LogP contribution in [0.4, 0.5) is 10.2 Å². The van der Waals surface area contributed by atoms with E-state index in [-0.39, 0.29) is 22.8 Å². The van der Waals surface area contributed by atoms with Crippen LogP contribution in [0.5, 0.6) is 5.75 Å². The van der Waals surface area contributed by atoms with E-state index in [4.69, 9.17) is 33.7 Å². The summed E-state index contributed by atoms with van der Waals surface area (Å²) in [5.74, 6) is 0.0187. The lowest BCUT2D eigenvalue weighted by atomic mass is 10.0. The fourth-order valence-electron chi connectivity index (χ4n) is 5.40. The molecule has 0 bridgehead atoms. The average molecular weight is 557 g/mol. The second-order valence-corrected chi connectivity index (χ2v) is 10.8. The van der Waals surface area contributed by atoms with Gasteiger partial charge in [-0.2, -0.15) is 0 Å². The Morgan fingerprint density at radius 1 is 1.11 bits per heavy atom. The first-order valence-corrected chi connectivity index (χ1v) is 13.8. The molecule has 1 unspecified atom stereocenters. The minimum Gasteiger partial charge on any atom is -0.482 e. The monoisotopic (exact) mass is 556 g/mol. The standard InChI is InChI=1S/C29H31Cl2FN4O2/c1-18(26-23(30)10-11-24(32)27(26)31)38-25-15-21(16-34-28(25)33)19-6-8-20(9-7-19)29(37)36-14-4-5-22(36)17-35-12-2-3-13-35/h6-11,15-16,18,22H,2-5,12-14,17H2,1H3,(H2,33,34)/t18?,22-/m1/s1. The zero-order valence-corrected chi connectivity index (χ0v) is 22.8. The quantitative estimate of drug-likeness (QED) is 0.331. The number of pyridine rings is 1. The lowest BCUT2D eigenvalue weighted by molar-refractivity contribution is 0.0709. The summed E-state index contributed by atoms with van der Waals surface area (Å²) in [5.41, 5.74) is 8.72. The number of rotatable bonds is 7. The van der Waals surface area contributed by atoms with Crippen LogP contribution >= 0.6 is 23.2 Å². The number of amides is 1. The van der Waals surface area contributed by atoms with Gasteiger partial charge in [0.15, 0.2) is 11.6 Å². The molecule has 0 saturated carbocycles. The summed E-state index contributed by atoms with van der Waals surface area (Å²) >= 11 is 12.4. The van der Waals surface area contributed by atoms with Crippen LogP contribution in [-0.4, -0.2) is 52.9 Å². The Bertz CT molecular complexity index is 1310. The number of halogens is 3. The third kappa shape index (κ3) is 5.60. The van der Waals surface area contributed by atoms with Crippen molar-refractivity contribution in [3.05, 3.63) is 75.7 Å². The SMILES string of the molecule is CC(Oc1cc(-c2ccc(C(=O)N3CCC[C@@H]3CN3CCCC3)cc2)cnc1N)c1c(Cl)ccc(F)c1Cl. The number of hydrogen-bond acceptors (Lipinski definition) is 5. The molecule has 2 aliphatic heterocycles. The average Bonchev–Trinajstić information content (AvgIpc) is 3.60. The number of benzene rings is 2. The predicted octanol–water partition coefficient (Wildman–Crippen LogP) is 6.62. The van der Waals surface area contributed by atoms with E-state index in [2.05, 4.69) is 9.88 Å². The molecule has 2 saturated heterocycles. The highest BCUT2D eigenvalue weighted by Gasteiger charge is 2.31. The van der Waals surface area contributed by atoms with Crippen LogP contribution in [0.15, 0.2) is 48.7 Å². The molecule has 0 aliphatic carbocycles. The Kier molecular flexibility index (Phi) is 8.07. The predicted molar refractivity (Wildman–Crippen MR) is 149 cm³/mol. The number of nitrogens with zero attached hydrogens (tertiary/aromatic N) is 3. The molecule has 5 rings (SSSR count). The lowest BCUT2D eigenvalue weighted by Gasteiger charge is -2.28. The van der Waals surface area contributed by atoms with E-state index in [1.165, 1.54) is 25.0 Å². The maximum absolute atomic E-state index is 14.0. The van der Waals surface area contributed by atoms with Crippen molar-refractivity contribution in [3.63, 3.8) is 0 Å². The summed E-state index contributed by atoms with van der Waals surface area (Å²) in [5, 5.41) is 0.209. The number of nitrogens with two attached hydrogens (primary N) is 1. The smallest absolute Gasteiger partial charge is 0.254 e. The minimum absolute atomic E-state index is 0.0791. The molecule has 1 amide bonds. The molecule has 38 heavy (non-hydrogen) atoms. The molecule has 2 fully saturated rings. The summed E-state index contributed by atoms with van der Waals surface area (Å²) in [6, 6.07) is 12.2. The number of likely N-dealkylation sites (tertiary alicyclic amines) is 2. The van der Waals surface area contributed by atoms with E-state index in [1.54, 1.807) is 19.2 Å². The first-order chi connectivity index (χ1) is 18.3. The van der Waals surface area contributed by atoms with Crippen molar-refractivity contribution < 1.29 is 13.9 Å². The number of carbonyl (C=O) groups excluding carboxylic acids is 1. The van der Waals surface area contributed by atoms with Crippen molar-refractivity contribution >= 4 is 34.9 Å². The molecule has 0 spiro atoms. The molecule has 1 aromatic heterocycles. The zero-order chi connectivity index (χ0) is 26.8. The van der Waals surface area contributed by atoms with Gasteiger partial charge in [0.25, 0.3) is 5.91 Å². The van der Waals surface area contributed by atoms with Gasteiger partial charge in [-0.05, 0) is 81.6 Å². The molecule has 0 radical (unpaired) electrons. The molecule has 2 aliphatic rings. The lowest BCUT2D eigenvalue weighted by Crippen LogP contribution is -2.42. The highest BCUT2D eigenvalue weighted by Crippen LogP contribution is 2.37. The largest absolute Gasteiger partial charge is 0.482 e. The van der Waals surface area contributed by atoms with E-state index < -0.39 is 11.9 Å². The summed E-state index contributed by atoms with van der Waals surface area (Å²) < 4.78 is 20.0. The van der Waals surface area contributed by atoms with Gasteiger partial charge in [0.2, 0.25) is 0 Å². The number of aromatic nitrogens is 1. The summed E-state index contributed by atoms with van der Waals surface area (Å²) in [6.45, 7) is 5.76. The van der Waals surface area contributed by atoms with E-state index >= 15 is 0 Å². The number of ether oxygens (including phenoxy) is 1. The van der Waals surface area contributed by atoms with Crippen molar-refractivity contribution in [2.24, 2.45) is 0 Å². The van der Waals surface area contributed by atoms with Gasteiger partial charge in [-0.1, -0.05) is 35.3 Å². The molecule has 3 aromatic rings. The normalized spacial score (nSPS) is 18.6. The Morgan fingerprint density at radius 3 is 2.58 bits per heavy atom. The Hall–Kier alpha value is -2.87. The summed E-state index contributed by atoms with van der Waals surface area (Å²) in [6.07, 6.45) is 5.59. The minimum atomic E-state index is -0.668. The highest BCUT2D eigenvalue weighted by atomic mass is 35.5. The Balaban J connectivity index is 1.31. The van der Waals surface area contributed by atoms with Crippen LogP contribution in [-0.2, 0) is 0 Å². The van der Waals surface area contributed by atoms with Crippen LogP contribution in [0.1, 0.15) is 54.6 Å². The van der Waals surface area contributed by atoms with Gasteiger partial charge in [0.05, 0.1) is 5.02 Å². The molecule has 2 N–H and O–H groups in total. The number of carbonyl (C=O) groups is 1. The molecule has 6 nitrogen and oxygen atoms in total. The molecule has 9 heteroatoms. The van der Waals surface area contributed by atoms with Gasteiger partial charge in [0, 0.05) is 47.0 Å². The van der Waals surface area contributed by atoms with E-state index in [0.717, 1.165) is 50.1 Å². The highest BCUT2D eigenvalue weighted by molar-refractivity contribution is 6.36. The number of nitrogen functional groups attached to an aromatic ring is 1. The van der Waals surface area contributed by atoms with Gasteiger partial charge < -0.3 is 20.3 Å². The fraction of sp³-hybridized carbons (Fsp3) is 0.379. The first kappa shape index (κ1) is 26.7. The van der Waals surface area contributed by atoms with Gasteiger partial charge in [-0.15, -0.1) is 0 Å². The van der Waals surface area contributed by atoms with Crippen LogP contribution in [0.3, 0.4) is 0 Å². The molecule has 2 atom stereocenters. The van der Waals surface area contributed by atoms with Crippen LogP contribution in [0, 0.1) is 5.82 Å². The van der Waals surface area contributed by atoms with Crippen molar-refractivity contribution in [1.29, 1.82) is 0 Å². The van der Waals surface area contributed by atoms with Crippen molar-refractivity contribution in [2.45, 2.75) is 44.8 Å². The third-order valence-electron chi connectivity index (χ3n) is 7.44. The molecular weight excluding hydrogens is 526 g/mol. The molecular formula is C29H31Cl2FN4O2. The second kappa shape index (κ2) is 11.5. The fourth-order valence-corrected chi connectivity index (χ4v) is 6.08. The van der Waals surface area contributed by atoms with Crippen LogP contribution in [0.2, 0.25) is 10.0 Å². The first-order valence-electron chi connectivity index (χ1n) is 13.0. The van der Waals surface area contributed by atoms with Gasteiger partial charge in [-0.25, -0.2) is 9.37 Å². The van der Waals surface area contributed by atoms with E-state index in [9.17, 15) is 9.18 Å². The van der Waals surface area contributed by atoms with Gasteiger partial charge >= 0.3 is 0 Å². The zero-order valence-electron chi connectivity index (χ0n) is 21.3. The van der Waals surface area contributed by atoms with Crippen molar-refractivity contribution in [2.75, 3.05) is 31.9 Å². The number of anilines is 1. The maximum atomic E-state index is 14.0. The third-order valence-corrected chi connectivity index (χ3v) is 8.16. The van der Waals surface area contributed by atoms with Crippen molar-refractivity contribution in [1.82, 2.24) is 14.8 Å². The Labute approximate surface area is 232 Å². The Morgan fingerprint density at radius 2 is 1.84 bits per heavy atom.